The summed E-state index contributed by atoms with van der Waals surface area (Å²) in [7, 11) is 0. The summed E-state index contributed by atoms with van der Waals surface area (Å²) in [5.74, 6) is 1.86. The van der Waals surface area contributed by atoms with Crippen LogP contribution in [0.2, 0.25) is 0 Å². The predicted octanol–water partition coefficient (Wildman–Crippen LogP) is 3.74. The normalized spacial score (nSPS) is 11.2. The van der Waals surface area contributed by atoms with Gasteiger partial charge in [0.25, 0.3) is 5.56 Å². The Morgan fingerprint density at radius 3 is 2.65 bits per heavy atom. The lowest BCUT2D eigenvalue weighted by molar-refractivity contribution is 0.301. The van der Waals surface area contributed by atoms with Crippen molar-refractivity contribution in [2.45, 2.75) is 40.2 Å². The second-order valence-corrected chi connectivity index (χ2v) is 8.17. The molecule has 0 spiro atoms. The van der Waals surface area contributed by atoms with Crippen LogP contribution < -0.4 is 15.2 Å². The fourth-order valence-electron chi connectivity index (χ4n) is 4.16. The Morgan fingerprint density at radius 2 is 1.94 bits per heavy atom. The number of imidazole rings is 1. The predicted molar refractivity (Wildman–Crippen MR) is 134 cm³/mol. The van der Waals surface area contributed by atoms with Crippen molar-refractivity contribution in [2.75, 3.05) is 24.7 Å². The average molecular weight is 462 g/mol. The van der Waals surface area contributed by atoms with Crippen molar-refractivity contribution < 1.29 is 9.84 Å². The number of benzene rings is 2. The number of H-pyrrole nitrogens is 1. The van der Waals surface area contributed by atoms with E-state index < -0.39 is 0 Å². The van der Waals surface area contributed by atoms with E-state index in [0.29, 0.717) is 48.0 Å². The Hall–Kier alpha value is -3.65. The summed E-state index contributed by atoms with van der Waals surface area (Å²) in [4.78, 5) is 22.6. The minimum Gasteiger partial charge on any atom is -0.493 e. The van der Waals surface area contributed by atoms with E-state index in [1.807, 2.05) is 62.4 Å². The fraction of sp³-hybridized carbons (Fsp3) is 0.346. The largest absolute Gasteiger partial charge is 0.493 e. The van der Waals surface area contributed by atoms with Crippen LogP contribution in [0.25, 0.3) is 16.9 Å². The highest BCUT2D eigenvalue weighted by atomic mass is 16.5. The van der Waals surface area contributed by atoms with Gasteiger partial charge in [0, 0.05) is 25.2 Å². The third-order valence-corrected chi connectivity index (χ3v) is 5.68. The number of nitrogens with one attached hydrogen (secondary N) is 1. The molecule has 0 atom stereocenters. The van der Waals surface area contributed by atoms with E-state index in [4.69, 9.17) is 9.84 Å². The number of nitrogens with zero attached hydrogens (tertiary/aromatic N) is 4. The maximum Gasteiger partial charge on any atom is 0.277 e. The van der Waals surface area contributed by atoms with E-state index >= 15 is 0 Å². The number of aliphatic hydroxyl groups is 1. The van der Waals surface area contributed by atoms with Crippen LogP contribution in [-0.4, -0.2) is 44.4 Å². The molecule has 34 heavy (non-hydrogen) atoms. The minimum atomic E-state index is -0.226. The van der Waals surface area contributed by atoms with Crippen LogP contribution in [0.4, 0.5) is 5.69 Å². The number of aromatic nitrogens is 4. The van der Waals surface area contributed by atoms with E-state index in [-0.39, 0.29) is 12.2 Å². The van der Waals surface area contributed by atoms with E-state index in [9.17, 15) is 9.90 Å². The molecule has 4 rings (SSSR count). The van der Waals surface area contributed by atoms with Gasteiger partial charge in [-0.1, -0.05) is 31.2 Å². The summed E-state index contributed by atoms with van der Waals surface area (Å²) in [5.41, 5.74) is 3.66. The molecule has 0 amide bonds. The lowest BCUT2D eigenvalue weighted by Gasteiger charge is -2.24. The first-order chi connectivity index (χ1) is 16.5. The molecule has 2 heterocycles. The van der Waals surface area contributed by atoms with E-state index in [1.54, 1.807) is 4.52 Å². The van der Waals surface area contributed by atoms with Gasteiger partial charge in [0.15, 0.2) is 11.3 Å². The van der Waals surface area contributed by atoms with Gasteiger partial charge in [-0.25, -0.2) is 9.50 Å². The Kier molecular flexibility index (Phi) is 7.27. The van der Waals surface area contributed by atoms with Crippen molar-refractivity contribution in [3.8, 4) is 17.1 Å². The van der Waals surface area contributed by atoms with Crippen molar-refractivity contribution in [3.63, 3.8) is 0 Å². The first-order valence-corrected chi connectivity index (χ1v) is 11.7. The highest BCUT2D eigenvalue weighted by Gasteiger charge is 2.18. The van der Waals surface area contributed by atoms with E-state index in [2.05, 4.69) is 21.8 Å². The van der Waals surface area contributed by atoms with Gasteiger partial charge in [-0.2, -0.15) is 0 Å². The Balaban J connectivity index is 1.79. The number of rotatable bonds is 10. The number of hydrogen-bond donors (Lipinski definition) is 2. The van der Waals surface area contributed by atoms with Crippen LogP contribution in [-0.2, 0) is 13.0 Å². The van der Waals surface area contributed by atoms with Gasteiger partial charge in [0.05, 0.1) is 24.5 Å². The van der Waals surface area contributed by atoms with Crippen LogP contribution in [0.1, 0.15) is 37.4 Å². The molecule has 2 aromatic heterocycles. The summed E-state index contributed by atoms with van der Waals surface area (Å²) in [6.45, 7) is 7.45. The first kappa shape index (κ1) is 23.5. The molecule has 0 unspecified atom stereocenters. The van der Waals surface area contributed by atoms with Gasteiger partial charge in [0.2, 0.25) is 0 Å². The molecule has 0 saturated heterocycles. The van der Waals surface area contributed by atoms with Crippen LogP contribution in [0.5, 0.6) is 5.75 Å². The van der Waals surface area contributed by atoms with E-state index in [1.165, 1.54) is 0 Å². The van der Waals surface area contributed by atoms with Gasteiger partial charge >= 0.3 is 0 Å². The number of fused-ring (bicyclic) bond motifs is 1. The summed E-state index contributed by atoms with van der Waals surface area (Å²) in [6.07, 6.45) is 1.64. The lowest BCUT2D eigenvalue weighted by Crippen LogP contribution is -2.26. The zero-order valence-corrected chi connectivity index (χ0v) is 19.9. The molecule has 0 aliphatic rings. The minimum absolute atomic E-state index is 0.0461. The first-order valence-electron chi connectivity index (χ1n) is 11.7. The number of aliphatic hydroxyl groups excluding tert-OH is 1. The number of hydrogen-bond acceptors (Lipinski definition) is 6. The third kappa shape index (κ3) is 4.82. The second-order valence-electron chi connectivity index (χ2n) is 8.17. The molecule has 2 N–H and O–H groups in total. The molecule has 0 fully saturated rings. The van der Waals surface area contributed by atoms with Crippen LogP contribution in [0, 0.1) is 6.92 Å². The van der Waals surface area contributed by atoms with Gasteiger partial charge in [-0.05, 0) is 50.1 Å². The molecule has 0 aliphatic heterocycles. The zero-order valence-electron chi connectivity index (χ0n) is 19.9. The van der Waals surface area contributed by atoms with Gasteiger partial charge < -0.3 is 19.7 Å². The molecule has 0 bridgehead atoms. The maximum absolute atomic E-state index is 13.0. The maximum atomic E-state index is 13.0. The molecular weight excluding hydrogens is 430 g/mol. The summed E-state index contributed by atoms with van der Waals surface area (Å²) in [6, 6.07) is 15.9. The lowest BCUT2D eigenvalue weighted by atomic mass is 10.1. The molecular formula is C26H31N5O3. The van der Waals surface area contributed by atoms with Crippen molar-refractivity contribution >= 4 is 11.2 Å². The fourth-order valence-corrected chi connectivity index (χ4v) is 4.16. The molecule has 4 aromatic rings. The quantitative estimate of drug-likeness (QED) is 0.374. The van der Waals surface area contributed by atoms with Crippen molar-refractivity contribution in [1.82, 2.24) is 19.6 Å². The number of para-hydroxylation sites is 1. The molecule has 0 radical (unpaired) electrons. The monoisotopic (exact) mass is 461 g/mol. The zero-order chi connectivity index (χ0) is 24.1. The van der Waals surface area contributed by atoms with Gasteiger partial charge in [0.1, 0.15) is 11.6 Å². The highest BCUT2D eigenvalue weighted by molar-refractivity contribution is 5.66. The smallest absolute Gasteiger partial charge is 0.277 e. The molecule has 8 nitrogen and oxygen atoms in total. The van der Waals surface area contributed by atoms with E-state index in [0.717, 1.165) is 29.9 Å². The molecule has 8 heteroatoms. The Morgan fingerprint density at radius 1 is 1.15 bits per heavy atom. The van der Waals surface area contributed by atoms with Crippen molar-refractivity contribution in [2.24, 2.45) is 0 Å². The third-order valence-electron chi connectivity index (χ3n) is 5.68. The summed E-state index contributed by atoms with van der Waals surface area (Å²) < 4.78 is 7.54. The second kappa shape index (κ2) is 10.5. The number of ether oxygens (including phenoxy) is 1. The summed E-state index contributed by atoms with van der Waals surface area (Å²) in [5, 5.41) is 14.4. The number of aromatic amines is 1. The van der Waals surface area contributed by atoms with Crippen LogP contribution >= 0.6 is 0 Å². The molecule has 0 aliphatic carbocycles. The SMILES string of the molecule is CCCc1nc(C)c2c(=O)[nH]c(-c3cc(CN(CCO)c4ccccc4)ccc3OCC)nn12. The topological polar surface area (TPSA) is 95.8 Å². The van der Waals surface area contributed by atoms with Gasteiger partial charge in [-0.3, -0.25) is 4.79 Å². The van der Waals surface area contributed by atoms with Crippen LogP contribution in [0.3, 0.4) is 0 Å². The highest BCUT2D eigenvalue weighted by Crippen LogP contribution is 2.30. The average Bonchev–Trinajstić information content (AvgIpc) is 3.16. The molecule has 2 aromatic carbocycles. The van der Waals surface area contributed by atoms with Gasteiger partial charge in [-0.15, -0.1) is 5.10 Å². The summed E-state index contributed by atoms with van der Waals surface area (Å²) >= 11 is 0. The molecule has 0 saturated carbocycles. The number of aryl methyl sites for hydroxylation is 2. The van der Waals surface area contributed by atoms with Crippen LogP contribution in [0.15, 0.2) is 53.3 Å². The number of anilines is 1. The van der Waals surface area contributed by atoms with Crippen molar-refractivity contribution in [3.05, 3.63) is 76.0 Å². The van der Waals surface area contributed by atoms with Crippen molar-refractivity contribution in [1.29, 1.82) is 0 Å². The Bertz CT molecular complexity index is 1310. The standard InChI is InChI=1S/C26H31N5O3/c1-4-9-23-27-18(3)24-26(33)28-25(29-31(23)24)21-16-19(12-13-22(21)34-5-2)17-30(14-15-32)20-10-7-6-8-11-20/h6-8,10-13,16,32H,4-5,9,14-15,17H2,1-3H3,(H,28,29,33). The Labute approximate surface area is 198 Å². The molecule has 178 valence electrons.